The van der Waals surface area contributed by atoms with Crippen molar-refractivity contribution in [2.75, 3.05) is 19.0 Å². The van der Waals surface area contributed by atoms with Crippen molar-refractivity contribution in [2.45, 2.75) is 0 Å². The van der Waals surface area contributed by atoms with Crippen LogP contribution in [-0.2, 0) is 14.3 Å². The highest BCUT2D eigenvalue weighted by Gasteiger charge is 2.20. The number of ether oxygens (including phenoxy) is 2. The molecule has 2 aromatic carbocycles. The van der Waals surface area contributed by atoms with Crippen LogP contribution < -0.4 is 5.32 Å². The van der Waals surface area contributed by atoms with Crippen molar-refractivity contribution in [3.05, 3.63) is 68.7 Å². The third-order valence-electron chi connectivity index (χ3n) is 3.23. The lowest BCUT2D eigenvalue weighted by Gasteiger charge is -2.08. The molecule has 0 unspecified atom stereocenters. The minimum atomic E-state index is -1.01. The lowest BCUT2D eigenvalue weighted by Crippen LogP contribution is -2.21. The van der Waals surface area contributed by atoms with Crippen molar-refractivity contribution in [2.24, 2.45) is 0 Å². The molecule has 0 saturated carbocycles. The Hall–Kier alpha value is -3.46. The van der Waals surface area contributed by atoms with E-state index in [9.17, 15) is 24.5 Å². The molecule has 0 aromatic heterocycles. The number of hydrogen-bond acceptors (Lipinski definition) is 7. The van der Waals surface area contributed by atoms with Gasteiger partial charge in [0.1, 0.15) is 0 Å². The lowest BCUT2D eigenvalue weighted by atomic mass is 10.1. The molecule has 0 fully saturated rings. The van der Waals surface area contributed by atoms with E-state index in [1.54, 1.807) is 18.2 Å². The molecule has 0 bridgehead atoms. The number of halogens is 1. The number of esters is 2. The van der Waals surface area contributed by atoms with Crippen LogP contribution in [0.3, 0.4) is 0 Å². The fraction of sp³-hybridized carbons (Fsp3) is 0.118. The molecule has 10 heteroatoms. The summed E-state index contributed by atoms with van der Waals surface area (Å²) >= 11 is 5.80. The fourth-order valence-electron chi connectivity index (χ4n) is 2.05. The van der Waals surface area contributed by atoms with E-state index in [1.807, 2.05) is 0 Å². The minimum absolute atomic E-state index is 0.193. The molecule has 0 heterocycles. The second-order valence-electron chi connectivity index (χ2n) is 5.15. The van der Waals surface area contributed by atoms with E-state index in [-0.39, 0.29) is 11.1 Å². The first-order valence-electron chi connectivity index (χ1n) is 7.40. The molecule has 0 saturated heterocycles. The topological polar surface area (TPSA) is 125 Å². The van der Waals surface area contributed by atoms with Gasteiger partial charge in [-0.15, -0.1) is 0 Å². The molecule has 9 nitrogen and oxygen atoms in total. The Bertz CT molecular complexity index is 914. The van der Waals surface area contributed by atoms with Crippen molar-refractivity contribution >= 4 is 40.8 Å². The molecule has 0 spiro atoms. The molecule has 2 aromatic rings. The highest BCUT2D eigenvalue weighted by Crippen LogP contribution is 2.19. The van der Waals surface area contributed by atoms with Crippen LogP contribution in [0.15, 0.2) is 42.5 Å². The summed E-state index contributed by atoms with van der Waals surface area (Å²) in [4.78, 5) is 45.7. The number of methoxy groups -OCH3 is 1. The monoisotopic (exact) mass is 392 g/mol. The first-order valence-corrected chi connectivity index (χ1v) is 7.78. The van der Waals surface area contributed by atoms with Crippen LogP contribution in [0.25, 0.3) is 0 Å². The summed E-state index contributed by atoms with van der Waals surface area (Å²) in [5, 5.41) is 13.9. The van der Waals surface area contributed by atoms with Crippen LogP contribution in [-0.4, -0.2) is 36.5 Å². The van der Waals surface area contributed by atoms with Crippen LogP contribution in [0.4, 0.5) is 11.4 Å². The van der Waals surface area contributed by atoms with Crippen LogP contribution in [0, 0.1) is 10.1 Å². The smallest absolute Gasteiger partial charge is 0.338 e. The number of nitro groups is 1. The van der Waals surface area contributed by atoms with E-state index in [4.69, 9.17) is 16.3 Å². The number of anilines is 1. The number of carbonyl (C=O) groups is 3. The van der Waals surface area contributed by atoms with Gasteiger partial charge >= 0.3 is 11.9 Å². The van der Waals surface area contributed by atoms with Gasteiger partial charge in [0.05, 0.1) is 23.2 Å². The van der Waals surface area contributed by atoms with Gasteiger partial charge in [-0.05, 0) is 24.3 Å². The molecule has 0 radical (unpaired) electrons. The average Bonchev–Trinajstić information content (AvgIpc) is 2.65. The van der Waals surface area contributed by atoms with Gasteiger partial charge in [0.25, 0.3) is 11.6 Å². The predicted molar refractivity (Wildman–Crippen MR) is 94.8 cm³/mol. The van der Waals surface area contributed by atoms with E-state index >= 15 is 0 Å². The molecule has 1 N–H and O–H groups in total. The summed E-state index contributed by atoms with van der Waals surface area (Å²) in [6, 6.07) is 9.33. The first-order chi connectivity index (χ1) is 12.8. The number of nitrogens with zero attached hydrogens (tertiary/aromatic N) is 1. The number of nitrogens with one attached hydrogen (secondary N) is 1. The maximum Gasteiger partial charge on any atom is 0.338 e. The zero-order valence-electron chi connectivity index (χ0n) is 13.9. The molecular weight excluding hydrogens is 380 g/mol. The predicted octanol–water partition coefficient (Wildman–Crippen LogP) is 2.83. The maximum atomic E-state index is 12.1. The average molecular weight is 393 g/mol. The summed E-state index contributed by atoms with van der Waals surface area (Å²) in [6.07, 6.45) is 0. The highest BCUT2D eigenvalue weighted by molar-refractivity contribution is 6.30. The number of benzene rings is 2. The van der Waals surface area contributed by atoms with Crippen molar-refractivity contribution in [3.8, 4) is 0 Å². The van der Waals surface area contributed by atoms with E-state index in [1.165, 1.54) is 6.07 Å². The van der Waals surface area contributed by atoms with Crippen LogP contribution >= 0.6 is 11.6 Å². The standard InChI is InChI=1S/C17H13ClN2O7/c1-26-16(22)10-5-11(7-14(6-10)20(24)25)17(23)27-9-15(21)19-13-4-2-3-12(18)8-13/h2-8H,9H2,1H3,(H,19,21). The molecule has 0 aliphatic heterocycles. The number of nitro benzene ring substituents is 1. The molecule has 0 aliphatic rings. The lowest BCUT2D eigenvalue weighted by molar-refractivity contribution is -0.384. The number of non-ortho nitro benzene ring substituents is 1. The third kappa shape index (κ3) is 5.51. The molecule has 2 rings (SSSR count). The van der Waals surface area contributed by atoms with Crippen molar-refractivity contribution in [1.29, 1.82) is 0 Å². The Morgan fingerprint density at radius 1 is 1.11 bits per heavy atom. The third-order valence-corrected chi connectivity index (χ3v) is 3.46. The minimum Gasteiger partial charge on any atom is -0.465 e. The number of rotatable bonds is 6. The van der Waals surface area contributed by atoms with Gasteiger partial charge in [-0.25, -0.2) is 9.59 Å². The van der Waals surface area contributed by atoms with Gasteiger partial charge < -0.3 is 14.8 Å². The second-order valence-corrected chi connectivity index (χ2v) is 5.59. The largest absolute Gasteiger partial charge is 0.465 e. The molecular formula is C17H13ClN2O7. The van der Waals surface area contributed by atoms with Gasteiger partial charge in [-0.3, -0.25) is 14.9 Å². The van der Waals surface area contributed by atoms with Crippen LogP contribution in [0.5, 0.6) is 0 Å². The molecule has 0 aliphatic carbocycles. The Morgan fingerprint density at radius 3 is 2.37 bits per heavy atom. The number of carbonyl (C=O) groups excluding carboxylic acids is 3. The van der Waals surface area contributed by atoms with E-state index in [0.717, 1.165) is 25.3 Å². The number of amides is 1. The van der Waals surface area contributed by atoms with Gasteiger partial charge in [0.15, 0.2) is 6.61 Å². The van der Waals surface area contributed by atoms with Crippen LogP contribution in [0.2, 0.25) is 5.02 Å². The molecule has 0 atom stereocenters. The summed E-state index contributed by atoms with van der Waals surface area (Å²) in [6.45, 7) is -0.637. The van der Waals surface area contributed by atoms with Gasteiger partial charge in [0, 0.05) is 22.8 Å². The zero-order valence-corrected chi connectivity index (χ0v) is 14.7. The highest BCUT2D eigenvalue weighted by atomic mass is 35.5. The summed E-state index contributed by atoms with van der Waals surface area (Å²) < 4.78 is 9.33. The van der Waals surface area contributed by atoms with E-state index < -0.39 is 35.1 Å². The van der Waals surface area contributed by atoms with Crippen molar-refractivity contribution in [3.63, 3.8) is 0 Å². The SMILES string of the molecule is COC(=O)c1cc(C(=O)OCC(=O)Nc2cccc(Cl)c2)cc([N+](=O)[O-])c1. The maximum absolute atomic E-state index is 12.1. The second kappa shape index (κ2) is 8.77. The molecule has 27 heavy (non-hydrogen) atoms. The first kappa shape index (κ1) is 19.9. The Morgan fingerprint density at radius 2 is 1.78 bits per heavy atom. The Kier molecular flexibility index (Phi) is 6.45. The summed E-state index contributed by atoms with van der Waals surface area (Å²) in [5.41, 5.74) is -0.540. The van der Waals surface area contributed by atoms with Crippen molar-refractivity contribution < 1.29 is 28.8 Å². The van der Waals surface area contributed by atoms with Gasteiger partial charge in [-0.2, -0.15) is 0 Å². The van der Waals surface area contributed by atoms with E-state index in [2.05, 4.69) is 10.1 Å². The zero-order chi connectivity index (χ0) is 20.0. The fourth-order valence-corrected chi connectivity index (χ4v) is 2.24. The van der Waals surface area contributed by atoms with Gasteiger partial charge in [-0.1, -0.05) is 17.7 Å². The van der Waals surface area contributed by atoms with Crippen molar-refractivity contribution in [1.82, 2.24) is 0 Å². The van der Waals surface area contributed by atoms with E-state index in [0.29, 0.717) is 10.7 Å². The normalized spacial score (nSPS) is 10.0. The number of hydrogen-bond donors (Lipinski definition) is 1. The molecule has 1 amide bonds. The Labute approximate surface area is 158 Å². The van der Waals surface area contributed by atoms with Crippen LogP contribution in [0.1, 0.15) is 20.7 Å². The quantitative estimate of drug-likeness (QED) is 0.455. The summed E-state index contributed by atoms with van der Waals surface area (Å²) in [7, 11) is 1.10. The Balaban J connectivity index is 2.08. The molecule has 140 valence electrons. The van der Waals surface area contributed by atoms with Gasteiger partial charge in [0.2, 0.25) is 0 Å². The summed E-state index contributed by atoms with van der Waals surface area (Å²) in [5.74, 6) is -2.50.